The molecule has 1 fully saturated rings. The molecule has 1 N–H and O–H groups in total. The number of nitrogens with one attached hydrogen (secondary N) is 1. The molecule has 1 aliphatic heterocycles. The number of carbonyl (C=O) groups excluding carboxylic acids is 1. The summed E-state index contributed by atoms with van der Waals surface area (Å²) in [6.45, 7) is 0. The van der Waals surface area contributed by atoms with Crippen molar-refractivity contribution in [3.63, 3.8) is 0 Å². The van der Waals surface area contributed by atoms with E-state index in [9.17, 15) is 13.2 Å². The molecular weight excluding hydrogens is 298 g/mol. The summed E-state index contributed by atoms with van der Waals surface area (Å²) in [7, 11) is -2.04. The Morgan fingerprint density at radius 2 is 2.28 bits per heavy atom. The third-order valence-corrected chi connectivity index (χ3v) is 5.51. The van der Waals surface area contributed by atoms with Gasteiger partial charge in [0.05, 0.1) is 23.0 Å². The quantitative estimate of drug-likeness (QED) is 0.825. The van der Waals surface area contributed by atoms with Gasteiger partial charge in [0.25, 0.3) is 0 Å². The number of sulfone groups is 1. The summed E-state index contributed by atoms with van der Waals surface area (Å²) in [5.74, 6) is -0.827. The van der Waals surface area contributed by atoms with Crippen LogP contribution in [0.5, 0.6) is 0 Å². The van der Waals surface area contributed by atoms with Crippen LogP contribution in [0.2, 0.25) is 4.34 Å². The molecule has 18 heavy (non-hydrogen) atoms. The van der Waals surface area contributed by atoms with E-state index in [1.165, 1.54) is 18.4 Å². The summed E-state index contributed by atoms with van der Waals surface area (Å²) in [6, 6.07) is 0.466. The van der Waals surface area contributed by atoms with Crippen molar-refractivity contribution in [2.24, 2.45) is 0 Å². The average molecular weight is 310 g/mol. The van der Waals surface area contributed by atoms with Crippen LogP contribution >= 0.6 is 22.9 Å². The molecule has 2 atom stereocenters. The maximum atomic E-state index is 11.8. The molecule has 1 aliphatic rings. The first-order chi connectivity index (χ1) is 8.41. The molecule has 0 saturated carbocycles. The lowest BCUT2D eigenvalue weighted by Crippen LogP contribution is -2.51. The van der Waals surface area contributed by atoms with Crippen LogP contribution in [0.3, 0.4) is 0 Å². The molecule has 2 heterocycles. The number of ether oxygens (including phenoxy) is 1. The van der Waals surface area contributed by atoms with E-state index in [0.29, 0.717) is 4.34 Å². The summed E-state index contributed by atoms with van der Waals surface area (Å²) in [5, 5.41) is 4.77. The predicted molar refractivity (Wildman–Crippen MR) is 69.7 cm³/mol. The number of thiophene rings is 1. The zero-order valence-electron chi connectivity index (χ0n) is 9.55. The maximum absolute atomic E-state index is 11.8. The minimum Gasteiger partial charge on any atom is -0.468 e. The molecule has 0 spiro atoms. The first-order valence-electron chi connectivity index (χ1n) is 5.19. The number of esters is 1. The van der Waals surface area contributed by atoms with Crippen molar-refractivity contribution >= 4 is 38.7 Å². The van der Waals surface area contributed by atoms with Gasteiger partial charge in [0.1, 0.15) is 6.04 Å². The van der Waals surface area contributed by atoms with Gasteiger partial charge in [-0.3, -0.25) is 10.1 Å². The van der Waals surface area contributed by atoms with Crippen molar-refractivity contribution in [2.75, 3.05) is 18.6 Å². The van der Waals surface area contributed by atoms with E-state index in [4.69, 9.17) is 11.6 Å². The second-order valence-corrected chi connectivity index (χ2v) is 7.75. The van der Waals surface area contributed by atoms with E-state index in [1.807, 2.05) is 0 Å². The Morgan fingerprint density at radius 1 is 1.56 bits per heavy atom. The Morgan fingerprint density at radius 3 is 2.83 bits per heavy atom. The number of methoxy groups -OCH3 is 1. The molecule has 1 aromatic heterocycles. The van der Waals surface area contributed by atoms with Crippen molar-refractivity contribution in [2.45, 2.75) is 12.1 Å². The second kappa shape index (κ2) is 5.16. The van der Waals surface area contributed by atoms with Crippen LogP contribution in [0.25, 0.3) is 0 Å². The topological polar surface area (TPSA) is 72.5 Å². The molecule has 100 valence electrons. The average Bonchev–Trinajstić information content (AvgIpc) is 2.72. The van der Waals surface area contributed by atoms with Crippen molar-refractivity contribution in [3.05, 3.63) is 21.3 Å². The Balaban J connectivity index is 2.24. The lowest BCUT2D eigenvalue weighted by molar-refractivity contribution is -0.142. The van der Waals surface area contributed by atoms with E-state index in [2.05, 4.69) is 10.1 Å². The zero-order valence-corrected chi connectivity index (χ0v) is 11.9. The van der Waals surface area contributed by atoms with Crippen LogP contribution in [0.15, 0.2) is 11.4 Å². The van der Waals surface area contributed by atoms with Gasteiger partial charge in [-0.25, -0.2) is 8.42 Å². The molecule has 2 unspecified atom stereocenters. The first kappa shape index (κ1) is 13.8. The lowest BCUT2D eigenvalue weighted by atomic mass is 10.1. The summed E-state index contributed by atoms with van der Waals surface area (Å²) >= 11 is 7.15. The highest BCUT2D eigenvalue weighted by atomic mass is 35.5. The van der Waals surface area contributed by atoms with Gasteiger partial charge in [0, 0.05) is 6.04 Å². The Bertz CT molecular complexity index is 554. The maximum Gasteiger partial charge on any atom is 0.323 e. The van der Waals surface area contributed by atoms with Gasteiger partial charge in [-0.2, -0.15) is 0 Å². The van der Waals surface area contributed by atoms with E-state index in [-0.39, 0.29) is 11.5 Å². The normalized spacial score (nSPS) is 26.8. The molecule has 0 bridgehead atoms. The minimum atomic E-state index is -3.28. The zero-order chi connectivity index (χ0) is 13.3. The highest BCUT2D eigenvalue weighted by Crippen LogP contribution is 2.28. The van der Waals surface area contributed by atoms with Gasteiger partial charge in [-0.15, -0.1) is 11.3 Å². The Hall–Kier alpha value is -0.630. The molecular formula is C10H12ClNO4S2. The van der Waals surface area contributed by atoms with Crippen molar-refractivity contribution < 1.29 is 17.9 Å². The van der Waals surface area contributed by atoms with Gasteiger partial charge in [-0.1, -0.05) is 11.6 Å². The highest BCUT2D eigenvalue weighted by molar-refractivity contribution is 7.91. The van der Waals surface area contributed by atoms with E-state index < -0.39 is 27.9 Å². The van der Waals surface area contributed by atoms with Gasteiger partial charge >= 0.3 is 5.97 Å². The van der Waals surface area contributed by atoms with Gasteiger partial charge < -0.3 is 4.74 Å². The van der Waals surface area contributed by atoms with E-state index in [1.54, 1.807) is 11.4 Å². The Labute approximate surface area is 114 Å². The fraction of sp³-hybridized carbons (Fsp3) is 0.500. The minimum absolute atomic E-state index is 0.0342. The Kier molecular flexibility index (Phi) is 3.96. The van der Waals surface area contributed by atoms with Crippen molar-refractivity contribution in [1.29, 1.82) is 0 Å². The summed E-state index contributed by atoms with van der Waals surface area (Å²) in [6.07, 6.45) is 0. The molecule has 0 aromatic carbocycles. The lowest BCUT2D eigenvalue weighted by Gasteiger charge is -2.28. The fourth-order valence-electron chi connectivity index (χ4n) is 1.89. The molecule has 5 nitrogen and oxygen atoms in total. The monoisotopic (exact) mass is 309 g/mol. The molecule has 1 aromatic rings. The summed E-state index contributed by atoms with van der Waals surface area (Å²) in [5.41, 5.74) is 0.780. The van der Waals surface area contributed by atoms with Crippen molar-refractivity contribution in [1.82, 2.24) is 5.32 Å². The number of carbonyl (C=O) groups is 1. The predicted octanol–water partition coefficient (Wildman–Crippen LogP) is 1.00. The largest absolute Gasteiger partial charge is 0.468 e. The van der Waals surface area contributed by atoms with Crippen LogP contribution in [0, 0.1) is 0 Å². The van der Waals surface area contributed by atoms with Crippen LogP contribution in [-0.2, 0) is 19.4 Å². The molecule has 0 aliphatic carbocycles. The smallest absolute Gasteiger partial charge is 0.323 e. The molecule has 0 amide bonds. The third-order valence-electron chi connectivity index (χ3n) is 2.72. The van der Waals surface area contributed by atoms with Gasteiger partial charge in [-0.05, 0) is 17.0 Å². The highest BCUT2D eigenvalue weighted by Gasteiger charge is 2.36. The number of hydrogen-bond donors (Lipinski definition) is 1. The number of rotatable bonds is 2. The SMILES string of the molecule is COC(=O)C1CS(=O)(=O)CC(c2csc(Cl)c2)N1. The summed E-state index contributed by atoms with van der Waals surface area (Å²) in [4.78, 5) is 11.5. The number of hydrogen-bond acceptors (Lipinski definition) is 6. The molecule has 8 heteroatoms. The van der Waals surface area contributed by atoms with E-state index >= 15 is 0 Å². The van der Waals surface area contributed by atoms with Gasteiger partial charge in [0.15, 0.2) is 9.84 Å². The van der Waals surface area contributed by atoms with Crippen LogP contribution < -0.4 is 5.32 Å². The first-order valence-corrected chi connectivity index (χ1v) is 8.27. The fourth-order valence-corrected chi connectivity index (χ4v) is 4.51. The van der Waals surface area contributed by atoms with Crippen LogP contribution in [0.1, 0.15) is 11.6 Å². The van der Waals surface area contributed by atoms with Crippen molar-refractivity contribution in [3.8, 4) is 0 Å². The molecule has 2 rings (SSSR count). The summed E-state index contributed by atoms with van der Waals surface area (Å²) < 4.78 is 28.8. The van der Waals surface area contributed by atoms with Crippen LogP contribution in [-0.4, -0.2) is 39.0 Å². The second-order valence-electron chi connectivity index (χ2n) is 4.06. The molecule has 0 radical (unpaired) electrons. The van der Waals surface area contributed by atoms with Gasteiger partial charge in [0.2, 0.25) is 0 Å². The van der Waals surface area contributed by atoms with Crippen LogP contribution in [0.4, 0.5) is 0 Å². The number of halogens is 1. The molecule has 1 saturated heterocycles. The standard InChI is InChI=1S/C10H12ClNO4S2/c1-16-10(13)8-5-18(14,15)4-7(12-8)6-2-9(11)17-3-6/h2-3,7-8,12H,4-5H2,1H3. The third kappa shape index (κ3) is 3.03. The van der Waals surface area contributed by atoms with E-state index in [0.717, 1.165) is 5.56 Å².